The number of hydrogen-bond acceptors (Lipinski definition) is 3. The molecule has 62 valence electrons. The minimum atomic E-state index is -0.337. The molecule has 4 heteroatoms. The maximum absolute atomic E-state index is 8.99. The van der Waals surface area contributed by atoms with Gasteiger partial charge < -0.3 is 5.11 Å². The number of aliphatic hydroxyl groups excluding tert-OH is 1. The summed E-state index contributed by atoms with van der Waals surface area (Å²) in [5.41, 5.74) is 0. The lowest BCUT2D eigenvalue weighted by atomic mass is 10.5. The molecule has 0 aromatic rings. The van der Waals surface area contributed by atoms with Crippen molar-refractivity contribution in [1.82, 2.24) is 0 Å². The molecule has 0 aromatic carbocycles. The van der Waals surface area contributed by atoms with Crippen molar-refractivity contribution in [3.8, 4) is 0 Å². The molecule has 0 bridgehead atoms. The van der Waals surface area contributed by atoms with Crippen LogP contribution in [0, 0.1) is 0 Å². The molecule has 0 amide bonds. The van der Waals surface area contributed by atoms with Gasteiger partial charge in [-0.05, 0) is 6.42 Å². The second-order valence-corrected chi connectivity index (χ2v) is 4.85. The van der Waals surface area contributed by atoms with Crippen molar-refractivity contribution in [1.29, 1.82) is 0 Å². The topological polar surface area (TPSA) is 20.2 Å². The summed E-state index contributed by atoms with van der Waals surface area (Å²) >= 11 is 5.39. The molecule has 0 aromatic heterocycles. The van der Waals surface area contributed by atoms with Gasteiger partial charge in [0.05, 0.1) is 6.10 Å². The van der Waals surface area contributed by atoms with Gasteiger partial charge in [0.25, 0.3) is 0 Å². The first kappa shape index (κ1) is 11.0. The van der Waals surface area contributed by atoms with Gasteiger partial charge in [-0.15, -0.1) is 11.6 Å². The molecule has 0 aliphatic heterocycles. The molecule has 0 saturated carbocycles. The van der Waals surface area contributed by atoms with E-state index in [0.717, 1.165) is 11.5 Å². The van der Waals surface area contributed by atoms with Crippen molar-refractivity contribution in [3.05, 3.63) is 0 Å². The number of hydrogen-bond donors (Lipinski definition) is 1. The van der Waals surface area contributed by atoms with E-state index < -0.39 is 0 Å². The monoisotopic (exact) mass is 200 g/mol. The zero-order chi connectivity index (χ0) is 7.82. The molecule has 1 unspecified atom stereocenters. The van der Waals surface area contributed by atoms with Gasteiger partial charge in [0.15, 0.2) is 0 Å². The molecule has 0 rings (SSSR count). The Hall–Kier alpha value is 0.950. The first-order valence-corrected chi connectivity index (χ1v) is 6.32. The van der Waals surface area contributed by atoms with Crippen molar-refractivity contribution in [2.45, 2.75) is 19.4 Å². The summed E-state index contributed by atoms with van der Waals surface area (Å²) in [5.74, 6) is 2.24. The third kappa shape index (κ3) is 7.06. The van der Waals surface area contributed by atoms with E-state index in [-0.39, 0.29) is 6.10 Å². The summed E-state index contributed by atoms with van der Waals surface area (Å²) in [6.07, 6.45) is 0.852. The highest BCUT2D eigenvalue weighted by Gasteiger charge is 2.00. The third-order valence-corrected chi connectivity index (χ3v) is 3.84. The normalized spacial score (nSPS) is 13.5. The van der Waals surface area contributed by atoms with E-state index in [9.17, 15) is 0 Å². The van der Waals surface area contributed by atoms with Gasteiger partial charge in [0.2, 0.25) is 0 Å². The molecular formula is C6H13ClOS2. The molecule has 0 spiro atoms. The molecule has 0 fully saturated rings. The summed E-state index contributed by atoms with van der Waals surface area (Å²) in [6.45, 7) is 2.14. The van der Waals surface area contributed by atoms with Crippen LogP contribution in [0.25, 0.3) is 0 Å². The van der Waals surface area contributed by atoms with Crippen LogP contribution in [0.5, 0.6) is 0 Å². The molecular weight excluding hydrogens is 188 g/mol. The highest BCUT2D eigenvalue weighted by atomic mass is 35.5. The minimum absolute atomic E-state index is 0.337. The second-order valence-electron chi connectivity index (χ2n) is 1.91. The van der Waals surface area contributed by atoms with Crippen LogP contribution >= 0.6 is 33.2 Å². The lowest BCUT2D eigenvalue weighted by Gasteiger charge is -2.03. The maximum atomic E-state index is 8.99. The van der Waals surface area contributed by atoms with Crippen LogP contribution in [0.2, 0.25) is 0 Å². The molecule has 0 saturated heterocycles. The summed E-state index contributed by atoms with van der Waals surface area (Å²) in [4.78, 5) is 0. The van der Waals surface area contributed by atoms with E-state index in [1.165, 1.54) is 6.42 Å². The van der Waals surface area contributed by atoms with Gasteiger partial charge in [-0.1, -0.05) is 28.5 Å². The largest absolute Gasteiger partial charge is 0.391 e. The standard InChI is InChI=1S/C6H13ClOS2/c1-2-3-9-10-5-6(8)4-7/h6,8H,2-5H2,1H3. The first-order valence-electron chi connectivity index (χ1n) is 3.29. The van der Waals surface area contributed by atoms with E-state index in [1.54, 1.807) is 21.6 Å². The maximum Gasteiger partial charge on any atom is 0.0774 e. The number of alkyl halides is 1. The van der Waals surface area contributed by atoms with E-state index in [1.807, 2.05) is 0 Å². The molecule has 0 aliphatic carbocycles. The van der Waals surface area contributed by atoms with Crippen LogP contribution in [-0.2, 0) is 0 Å². The lowest BCUT2D eigenvalue weighted by Crippen LogP contribution is -2.10. The van der Waals surface area contributed by atoms with Gasteiger partial charge >= 0.3 is 0 Å². The van der Waals surface area contributed by atoms with Gasteiger partial charge in [0.1, 0.15) is 0 Å². The Morgan fingerprint density at radius 1 is 1.50 bits per heavy atom. The lowest BCUT2D eigenvalue weighted by molar-refractivity contribution is 0.224. The predicted octanol–water partition coefficient (Wildman–Crippen LogP) is 2.38. The Balaban J connectivity index is 2.89. The highest BCUT2D eigenvalue weighted by Crippen LogP contribution is 2.22. The fraction of sp³-hybridized carbons (Fsp3) is 1.00. The first-order chi connectivity index (χ1) is 4.81. The van der Waals surface area contributed by atoms with Crippen molar-refractivity contribution in [2.75, 3.05) is 17.4 Å². The van der Waals surface area contributed by atoms with Crippen molar-refractivity contribution in [3.63, 3.8) is 0 Å². The van der Waals surface area contributed by atoms with E-state index in [2.05, 4.69) is 6.92 Å². The van der Waals surface area contributed by atoms with Crippen molar-refractivity contribution in [2.24, 2.45) is 0 Å². The smallest absolute Gasteiger partial charge is 0.0774 e. The fourth-order valence-corrected chi connectivity index (χ4v) is 2.82. The molecule has 1 nitrogen and oxygen atoms in total. The van der Waals surface area contributed by atoms with Crippen molar-refractivity contribution >= 4 is 33.2 Å². The van der Waals surface area contributed by atoms with E-state index in [0.29, 0.717) is 5.88 Å². The number of aliphatic hydroxyl groups is 1. The fourth-order valence-electron chi connectivity index (χ4n) is 0.313. The average Bonchev–Trinajstić information content (AvgIpc) is 1.98. The van der Waals surface area contributed by atoms with Gasteiger partial charge in [-0.25, -0.2) is 0 Å². The summed E-state index contributed by atoms with van der Waals surface area (Å²) in [6, 6.07) is 0. The van der Waals surface area contributed by atoms with Crippen molar-refractivity contribution < 1.29 is 5.11 Å². The van der Waals surface area contributed by atoms with Gasteiger partial charge in [0, 0.05) is 17.4 Å². The predicted molar refractivity (Wildman–Crippen MR) is 51.9 cm³/mol. The summed E-state index contributed by atoms with van der Waals surface area (Å²) in [5, 5.41) is 8.99. The zero-order valence-corrected chi connectivity index (χ0v) is 8.44. The van der Waals surface area contributed by atoms with Crippen LogP contribution in [0.3, 0.4) is 0 Å². The average molecular weight is 201 g/mol. The molecule has 0 heterocycles. The Morgan fingerprint density at radius 3 is 2.70 bits per heavy atom. The minimum Gasteiger partial charge on any atom is -0.391 e. The number of halogens is 1. The quantitative estimate of drug-likeness (QED) is 0.404. The van der Waals surface area contributed by atoms with Crippen LogP contribution in [-0.4, -0.2) is 28.6 Å². The highest BCUT2D eigenvalue weighted by molar-refractivity contribution is 8.76. The van der Waals surface area contributed by atoms with E-state index in [4.69, 9.17) is 16.7 Å². The van der Waals surface area contributed by atoms with Crippen LogP contribution in [0.1, 0.15) is 13.3 Å². The van der Waals surface area contributed by atoms with Crippen LogP contribution in [0.15, 0.2) is 0 Å². The Kier molecular flexibility index (Phi) is 8.82. The molecule has 10 heavy (non-hydrogen) atoms. The Bertz CT molecular complexity index is 72.8. The number of rotatable bonds is 6. The summed E-state index contributed by atoms with van der Waals surface area (Å²) in [7, 11) is 3.49. The SMILES string of the molecule is CCCSSCC(O)CCl. The summed E-state index contributed by atoms with van der Waals surface area (Å²) < 4.78 is 0. The molecule has 1 N–H and O–H groups in total. The zero-order valence-electron chi connectivity index (χ0n) is 6.05. The van der Waals surface area contributed by atoms with Gasteiger partial charge in [-0.3, -0.25) is 0 Å². The molecule has 1 atom stereocenters. The Labute approximate surface area is 75.3 Å². The van der Waals surface area contributed by atoms with E-state index >= 15 is 0 Å². The van der Waals surface area contributed by atoms with Crippen LogP contribution in [0.4, 0.5) is 0 Å². The second kappa shape index (κ2) is 8.05. The molecule has 0 aliphatic rings. The Morgan fingerprint density at radius 2 is 2.20 bits per heavy atom. The van der Waals surface area contributed by atoms with Gasteiger partial charge in [-0.2, -0.15) is 0 Å². The molecule has 0 radical (unpaired) electrons. The van der Waals surface area contributed by atoms with Crippen LogP contribution < -0.4 is 0 Å². The third-order valence-electron chi connectivity index (χ3n) is 0.809.